The highest BCUT2D eigenvalue weighted by Gasteiger charge is 2.02. The molecule has 150 valence electrons. The molecule has 0 radical (unpaired) electrons. The number of benzene rings is 2. The number of carbonyl (C=O) groups excluding carboxylic acids is 1. The van der Waals surface area contributed by atoms with Crippen molar-refractivity contribution in [2.75, 3.05) is 52.1 Å². The van der Waals surface area contributed by atoms with Gasteiger partial charge in [0.2, 0.25) is 0 Å². The predicted octanol–water partition coefficient (Wildman–Crippen LogP) is 4.01. The Hall–Kier alpha value is -2.70. The van der Waals surface area contributed by atoms with Crippen LogP contribution in [0.3, 0.4) is 0 Å². The van der Waals surface area contributed by atoms with Crippen LogP contribution in [-0.2, 0) is 9.47 Å². The van der Waals surface area contributed by atoms with Crippen LogP contribution in [0.25, 0.3) is 6.08 Å². The third-order valence-electron chi connectivity index (χ3n) is 3.86. The van der Waals surface area contributed by atoms with Crippen LogP contribution in [0.5, 0.6) is 5.75 Å². The lowest BCUT2D eigenvalue weighted by atomic mass is 10.1. The maximum atomic E-state index is 12.3. The highest BCUT2D eigenvalue weighted by molar-refractivity contribution is 6.06. The van der Waals surface area contributed by atoms with E-state index in [4.69, 9.17) is 14.2 Å². The van der Waals surface area contributed by atoms with Gasteiger partial charge in [0.1, 0.15) is 19.0 Å². The molecule has 2 aromatic carbocycles. The number of ether oxygens (including phenoxy) is 3. The van der Waals surface area contributed by atoms with E-state index in [2.05, 4.69) is 5.32 Å². The van der Waals surface area contributed by atoms with Crippen LogP contribution in [-0.4, -0.2) is 52.5 Å². The molecule has 0 aliphatic heterocycles. The first-order chi connectivity index (χ1) is 13.7. The third-order valence-corrected chi connectivity index (χ3v) is 3.86. The minimum atomic E-state index is -0.485. The second-order valence-electron chi connectivity index (χ2n) is 5.86. The lowest BCUT2D eigenvalue weighted by molar-refractivity contribution is 0.0325. The summed E-state index contributed by atoms with van der Waals surface area (Å²) >= 11 is 0. The Bertz CT molecular complexity index is 729. The molecule has 1 N–H and O–H groups in total. The molecule has 0 amide bonds. The number of nitrogens with one attached hydrogen (secondary N) is 1. The average Bonchev–Trinajstić information content (AvgIpc) is 2.74. The topological polar surface area (TPSA) is 56.8 Å². The summed E-state index contributed by atoms with van der Waals surface area (Å²) in [5.74, 6) is 0.598. The van der Waals surface area contributed by atoms with Gasteiger partial charge in [-0.05, 0) is 48.0 Å². The summed E-state index contributed by atoms with van der Waals surface area (Å²) in [6.45, 7) is 1.19. The van der Waals surface area contributed by atoms with Gasteiger partial charge < -0.3 is 19.5 Å². The number of halogens is 1. The van der Waals surface area contributed by atoms with Gasteiger partial charge in [0.05, 0.1) is 26.4 Å². The monoisotopic (exact) mass is 387 g/mol. The maximum Gasteiger partial charge on any atom is 0.185 e. The Kier molecular flexibility index (Phi) is 9.75. The van der Waals surface area contributed by atoms with E-state index < -0.39 is 6.67 Å². The maximum absolute atomic E-state index is 12.3. The van der Waals surface area contributed by atoms with Crippen LogP contribution >= 0.6 is 0 Å². The van der Waals surface area contributed by atoms with Crippen molar-refractivity contribution < 1.29 is 23.4 Å². The summed E-state index contributed by atoms with van der Waals surface area (Å²) in [4.78, 5) is 12.3. The zero-order valence-corrected chi connectivity index (χ0v) is 16.0. The van der Waals surface area contributed by atoms with E-state index in [-0.39, 0.29) is 12.4 Å². The fourth-order valence-electron chi connectivity index (χ4n) is 2.34. The second-order valence-corrected chi connectivity index (χ2v) is 5.86. The lowest BCUT2D eigenvalue weighted by Gasteiger charge is -2.07. The summed E-state index contributed by atoms with van der Waals surface area (Å²) in [6.07, 6.45) is 3.35. The quantitative estimate of drug-likeness (QED) is 0.320. The van der Waals surface area contributed by atoms with E-state index in [1.807, 2.05) is 31.3 Å². The highest BCUT2D eigenvalue weighted by Crippen LogP contribution is 2.14. The summed E-state index contributed by atoms with van der Waals surface area (Å²) in [5, 5.41) is 3.05. The van der Waals surface area contributed by atoms with Gasteiger partial charge in [0.25, 0.3) is 0 Å². The van der Waals surface area contributed by atoms with Gasteiger partial charge in [0.15, 0.2) is 5.78 Å². The minimum absolute atomic E-state index is 0.0687. The number of anilines is 1. The van der Waals surface area contributed by atoms with E-state index in [9.17, 15) is 9.18 Å². The first kappa shape index (κ1) is 21.6. The number of carbonyl (C=O) groups is 1. The Morgan fingerprint density at radius 2 is 1.57 bits per heavy atom. The molecule has 6 heteroatoms. The molecule has 2 aromatic rings. The molecular formula is C22H26FNO4. The molecule has 2 rings (SSSR count). The number of ketones is 1. The number of alkyl halides is 1. The average molecular weight is 387 g/mol. The summed E-state index contributed by atoms with van der Waals surface area (Å²) < 4.78 is 27.7. The van der Waals surface area contributed by atoms with Crippen molar-refractivity contribution in [3.05, 3.63) is 65.7 Å². The molecule has 0 aliphatic carbocycles. The van der Waals surface area contributed by atoms with Crippen LogP contribution in [0.2, 0.25) is 0 Å². The predicted molar refractivity (Wildman–Crippen MR) is 109 cm³/mol. The third kappa shape index (κ3) is 7.90. The van der Waals surface area contributed by atoms with Gasteiger partial charge in [-0.3, -0.25) is 4.79 Å². The number of hydrogen-bond donors (Lipinski definition) is 1. The summed E-state index contributed by atoms with van der Waals surface area (Å²) in [6, 6.07) is 14.8. The highest BCUT2D eigenvalue weighted by atomic mass is 19.1. The summed E-state index contributed by atoms with van der Waals surface area (Å²) in [7, 11) is 1.86. The van der Waals surface area contributed by atoms with Crippen LogP contribution in [0, 0.1) is 0 Å². The molecule has 28 heavy (non-hydrogen) atoms. The van der Waals surface area contributed by atoms with E-state index >= 15 is 0 Å². The molecule has 0 aliphatic rings. The van der Waals surface area contributed by atoms with Crippen LogP contribution in [0.15, 0.2) is 54.6 Å². The largest absolute Gasteiger partial charge is 0.491 e. The first-order valence-electron chi connectivity index (χ1n) is 9.17. The smallest absolute Gasteiger partial charge is 0.185 e. The van der Waals surface area contributed by atoms with E-state index in [1.165, 1.54) is 0 Å². The van der Waals surface area contributed by atoms with Crippen molar-refractivity contribution in [3.63, 3.8) is 0 Å². The van der Waals surface area contributed by atoms with Crippen LogP contribution in [0.4, 0.5) is 10.1 Å². The van der Waals surface area contributed by atoms with Crippen LogP contribution < -0.4 is 10.1 Å². The lowest BCUT2D eigenvalue weighted by Crippen LogP contribution is -2.11. The fraction of sp³-hybridized carbons (Fsp3) is 0.318. The van der Waals surface area contributed by atoms with Gasteiger partial charge in [-0.15, -0.1) is 0 Å². The zero-order valence-electron chi connectivity index (χ0n) is 16.0. The number of rotatable bonds is 13. The Morgan fingerprint density at radius 3 is 2.21 bits per heavy atom. The van der Waals surface area contributed by atoms with Crippen molar-refractivity contribution in [2.45, 2.75) is 0 Å². The van der Waals surface area contributed by atoms with Gasteiger partial charge >= 0.3 is 0 Å². The SMILES string of the molecule is CNc1ccc(/C=C/C(=O)c2ccc(OCCOCCOCCF)cc2)cc1. The van der Waals surface area contributed by atoms with Gasteiger partial charge in [0, 0.05) is 18.3 Å². The Labute approximate surface area is 165 Å². The van der Waals surface area contributed by atoms with Crippen molar-refractivity contribution in [2.24, 2.45) is 0 Å². The van der Waals surface area contributed by atoms with Crippen molar-refractivity contribution >= 4 is 17.5 Å². The van der Waals surface area contributed by atoms with Crippen LogP contribution in [0.1, 0.15) is 15.9 Å². The number of hydrogen-bond acceptors (Lipinski definition) is 5. The Balaban J connectivity index is 1.72. The van der Waals surface area contributed by atoms with Crippen molar-refractivity contribution in [1.82, 2.24) is 0 Å². The molecule has 5 nitrogen and oxygen atoms in total. The molecule has 0 saturated carbocycles. The van der Waals surface area contributed by atoms with Gasteiger partial charge in [-0.2, -0.15) is 0 Å². The van der Waals surface area contributed by atoms with Gasteiger partial charge in [-0.25, -0.2) is 4.39 Å². The van der Waals surface area contributed by atoms with E-state index in [0.717, 1.165) is 11.3 Å². The Morgan fingerprint density at radius 1 is 0.929 bits per heavy atom. The number of allylic oxidation sites excluding steroid dienone is 1. The van der Waals surface area contributed by atoms with Gasteiger partial charge in [-0.1, -0.05) is 18.2 Å². The summed E-state index contributed by atoms with van der Waals surface area (Å²) in [5.41, 5.74) is 2.58. The molecule has 0 aromatic heterocycles. The molecule has 0 bridgehead atoms. The second kappa shape index (κ2) is 12.6. The molecule has 0 spiro atoms. The molecule has 0 saturated heterocycles. The standard InChI is InChI=1S/C22H26FNO4/c1-24-20-7-2-18(3-8-20)4-11-22(25)19-5-9-21(10-6-19)28-17-16-27-15-14-26-13-12-23/h2-11,24H,12-17H2,1H3/b11-4+. The molecular weight excluding hydrogens is 361 g/mol. The fourth-order valence-corrected chi connectivity index (χ4v) is 2.34. The van der Waals surface area contributed by atoms with Crippen molar-refractivity contribution in [1.29, 1.82) is 0 Å². The van der Waals surface area contributed by atoms with E-state index in [0.29, 0.717) is 37.7 Å². The molecule has 0 unspecified atom stereocenters. The van der Waals surface area contributed by atoms with Crippen molar-refractivity contribution in [3.8, 4) is 5.75 Å². The normalized spacial score (nSPS) is 10.9. The molecule has 0 atom stereocenters. The molecule has 0 heterocycles. The molecule has 0 fully saturated rings. The zero-order chi connectivity index (χ0) is 20.0. The minimum Gasteiger partial charge on any atom is -0.491 e. The first-order valence-corrected chi connectivity index (χ1v) is 9.17. The van der Waals surface area contributed by atoms with E-state index in [1.54, 1.807) is 36.4 Å².